The van der Waals surface area contributed by atoms with Gasteiger partial charge < -0.3 is 20.7 Å². The number of piperidine rings is 1. The minimum absolute atomic E-state index is 0.0899. The van der Waals surface area contributed by atoms with Crippen molar-refractivity contribution in [2.75, 3.05) is 18.8 Å². The molecule has 0 aliphatic carbocycles. The molecule has 0 amide bonds. The average Bonchev–Trinajstić information content (AvgIpc) is 2.70. The van der Waals surface area contributed by atoms with Gasteiger partial charge in [0, 0.05) is 29.9 Å². The summed E-state index contributed by atoms with van der Waals surface area (Å²) in [6, 6.07) is 6.37. The molecule has 0 radical (unpaired) electrons. The second-order valence-corrected chi connectivity index (χ2v) is 7.15. The molecule has 0 saturated carbocycles. The van der Waals surface area contributed by atoms with E-state index in [9.17, 15) is 19.1 Å². The summed E-state index contributed by atoms with van der Waals surface area (Å²) in [4.78, 5) is 24.3. The molecule has 6 nitrogen and oxygen atoms in total. The monoisotopic (exact) mass is 399 g/mol. The number of anilines is 1. The van der Waals surface area contributed by atoms with Gasteiger partial charge in [0.15, 0.2) is 0 Å². The Balaban J connectivity index is 2.08. The number of rotatable bonds is 3. The van der Waals surface area contributed by atoms with Crippen molar-refractivity contribution in [3.05, 3.63) is 69.5 Å². The first-order chi connectivity index (χ1) is 13.9. The van der Waals surface area contributed by atoms with Crippen molar-refractivity contribution in [1.29, 1.82) is 0 Å². The lowest BCUT2D eigenvalue weighted by atomic mass is 9.88. The molecule has 150 valence electrons. The minimum atomic E-state index is -1.44. The molecule has 3 aromatic rings. The lowest BCUT2D eigenvalue weighted by molar-refractivity contribution is 0.0695. The number of carboxylic acids is 1. The predicted molar refractivity (Wildman–Crippen MR) is 106 cm³/mol. The maximum absolute atomic E-state index is 15.0. The summed E-state index contributed by atoms with van der Waals surface area (Å²) in [5.74, 6) is -2.70. The predicted octanol–water partition coefficient (Wildman–Crippen LogP) is 3.02. The van der Waals surface area contributed by atoms with E-state index in [0.717, 1.165) is 31.6 Å². The van der Waals surface area contributed by atoms with Crippen LogP contribution in [0.25, 0.3) is 16.6 Å². The smallest absolute Gasteiger partial charge is 0.341 e. The molecule has 1 fully saturated rings. The SMILES string of the molecule is Nc1c(C2CCCNC2)c(F)cc2c(=O)c(C(=O)O)cn(-c3ccc(F)cc3)c12. The number of halogens is 2. The van der Waals surface area contributed by atoms with Gasteiger partial charge in [-0.25, -0.2) is 13.6 Å². The fourth-order valence-corrected chi connectivity index (χ4v) is 3.97. The quantitative estimate of drug-likeness (QED) is 0.588. The van der Waals surface area contributed by atoms with E-state index in [1.807, 2.05) is 0 Å². The summed E-state index contributed by atoms with van der Waals surface area (Å²) in [7, 11) is 0. The lowest BCUT2D eigenvalue weighted by Crippen LogP contribution is -2.30. The van der Waals surface area contributed by atoms with Gasteiger partial charge in [-0.15, -0.1) is 0 Å². The van der Waals surface area contributed by atoms with Gasteiger partial charge in [0.25, 0.3) is 0 Å². The first-order valence-corrected chi connectivity index (χ1v) is 9.25. The Morgan fingerprint density at radius 1 is 1.24 bits per heavy atom. The maximum atomic E-state index is 15.0. The number of fused-ring (bicyclic) bond motifs is 1. The van der Waals surface area contributed by atoms with Gasteiger partial charge in [-0.1, -0.05) is 0 Å². The Hall–Kier alpha value is -3.26. The van der Waals surface area contributed by atoms with Crippen molar-refractivity contribution < 1.29 is 18.7 Å². The van der Waals surface area contributed by atoms with Crippen LogP contribution in [0.1, 0.15) is 34.7 Å². The van der Waals surface area contributed by atoms with Crippen molar-refractivity contribution in [2.24, 2.45) is 0 Å². The van der Waals surface area contributed by atoms with Crippen LogP contribution in [-0.2, 0) is 0 Å². The topological polar surface area (TPSA) is 97.3 Å². The van der Waals surface area contributed by atoms with E-state index in [-0.39, 0.29) is 22.5 Å². The molecule has 1 unspecified atom stereocenters. The van der Waals surface area contributed by atoms with Crippen molar-refractivity contribution in [3.63, 3.8) is 0 Å². The van der Waals surface area contributed by atoms with Crippen LogP contribution in [0.4, 0.5) is 14.5 Å². The summed E-state index contributed by atoms with van der Waals surface area (Å²) >= 11 is 0. The Morgan fingerprint density at radius 2 is 1.97 bits per heavy atom. The highest BCUT2D eigenvalue weighted by atomic mass is 19.1. The third kappa shape index (κ3) is 3.25. The first-order valence-electron chi connectivity index (χ1n) is 9.25. The number of carboxylic acid groups (broad SMARTS) is 1. The second kappa shape index (κ2) is 7.29. The van der Waals surface area contributed by atoms with Crippen LogP contribution in [0.15, 0.2) is 41.3 Å². The van der Waals surface area contributed by atoms with E-state index >= 15 is 4.39 Å². The Bertz CT molecular complexity index is 1170. The summed E-state index contributed by atoms with van der Waals surface area (Å²) in [6.07, 6.45) is 2.76. The van der Waals surface area contributed by atoms with Crippen LogP contribution in [0.5, 0.6) is 0 Å². The molecule has 4 N–H and O–H groups in total. The fraction of sp³-hybridized carbons (Fsp3) is 0.238. The highest BCUT2D eigenvalue weighted by Gasteiger charge is 2.26. The van der Waals surface area contributed by atoms with E-state index < -0.39 is 28.6 Å². The highest BCUT2D eigenvalue weighted by Crippen LogP contribution is 2.36. The van der Waals surface area contributed by atoms with Crippen LogP contribution < -0.4 is 16.5 Å². The van der Waals surface area contributed by atoms with Crippen LogP contribution >= 0.6 is 0 Å². The van der Waals surface area contributed by atoms with Crippen molar-refractivity contribution in [2.45, 2.75) is 18.8 Å². The third-order valence-electron chi connectivity index (χ3n) is 5.36. The molecule has 2 heterocycles. The highest BCUT2D eigenvalue weighted by molar-refractivity contribution is 5.98. The van der Waals surface area contributed by atoms with Crippen molar-refractivity contribution >= 4 is 22.6 Å². The van der Waals surface area contributed by atoms with Gasteiger partial charge in [0.1, 0.15) is 17.2 Å². The normalized spacial score (nSPS) is 16.8. The van der Waals surface area contributed by atoms with Gasteiger partial charge in [-0.2, -0.15) is 0 Å². The largest absolute Gasteiger partial charge is 0.477 e. The van der Waals surface area contributed by atoms with Gasteiger partial charge in [0.2, 0.25) is 5.43 Å². The van der Waals surface area contributed by atoms with E-state index in [1.54, 1.807) is 0 Å². The molecule has 1 aromatic heterocycles. The minimum Gasteiger partial charge on any atom is -0.477 e. The molecule has 8 heteroatoms. The molecule has 1 aliphatic heterocycles. The number of nitrogens with one attached hydrogen (secondary N) is 1. The number of nitrogens with zero attached hydrogens (tertiary/aromatic N) is 1. The maximum Gasteiger partial charge on any atom is 0.341 e. The lowest BCUT2D eigenvalue weighted by Gasteiger charge is -2.26. The summed E-state index contributed by atoms with van der Waals surface area (Å²) in [5.41, 5.74) is 6.05. The number of aromatic carboxylic acids is 1. The molecule has 29 heavy (non-hydrogen) atoms. The third-order valence-corrected chi connectivity index (χ3v) is 5.36. The number of nitrogens with two attached hydrogens (primary N) is 1. The zero-order valence-corrected chi connectivity index (χ0v) is 15.4. The number of benzene rings is 2. The molecule has 1 aliphatic rings. The molecule has 1 saturated heterocycles. The molecule has 4 rings (SSSR count). The zero-order chi connectivity index (χ0) is 20.7. The van der Waals surface area contributed by atoms with Gasteiger partial charge in [0.05, 0.1) is 16.6 Å². The number of nitrogen functional groups attached to an aromatic ring is 1. The molecule has 2 aromatic carbocycles. The molecular formula is C21H19F2N3O3. The summed E-state index contributed by atoms with van der Waals surface area (Å²) in [5, 5.41) is 12.5. The number of aromatic nitrogens is 1. The molecule has 0 spiro atoms. The van der Waals surface area contributed by atoms with Gasteiger partial charge in [-0.05, 0) is 49.7 Å². The fourth-order valence-electron chi connectivity index (χ4n) is 3.97. The van der Waals surface area contributed by atoms with E-state index in [2.05, 4.69) is 5.32 Å². The average molecular weight is 399 g/mol. The van der Waals surface area contributed by atoms with E-state index in [0.29, 0.717) is 17.8 Å². The number of carbonyl (C=O) groups is 1. The van der Waals surface area contributed by atoms with Crippen LogP contribution in [-0.4, -0.2) is 28.7 Å². The van der Waals surface area contributed by atoms with Gasteiger partial charge in [-0.3, -0.25) is 4.79 Å². The Kier molecular flexibility index (Phi) is 4.79. The van der Waals surface area contributed by atoms with E-state index in [4.69, 9.17) is 5.73 Å². The standard InChI is InChI=1S/C21H19F2N3O3/c22-12-3-5-13(6-4-12)26-10-15(21(28)29)20(27)14-8-16(23)17(18(24)19(14)26)11-2-1-7-25-9-11/h3-6,8,10-11,25H,1-2,7,9,24H2,(H,28,29). The molecule has 1 atom stereocenters. The van der Waals surface area contributed by atoms with Crippen LogP contribution in [0, 0.1) is 11.6 Å². The van der Waals surface area contributed by atoms with Crippen LogP contribution in [0.3, 0.4) is 0 Å². The number of pyridine rings is 1. The van der Waals surface area contributed by atoms with Gasteiger partial charge >= 0.3 is 5.97 Å². The number of hydrogen-bond donors (Lipinski definition) is 3. The number of hydrogen-bond acceptors (Lipinski definition) is 4. The molecular weight excluding hydrogens is 380 g/mol. The zero-order valence-electron chi connectivity index (χ0n) is 15.4. The first kappa shape index (κ1) is 19.1. The van der Waals surface area contributed by atoms with Crippen LogP contribution in [0.2, 0.25) is 0 Å². The Morgan fingerprint density at radius 3 is 2.59 bits per heavy atom. The second-order valence-electron chi connectivity index (χ2n) is 7.15. The Labute approximate surface area is 164 Å². The van der Waals surface area contributed by atoms with E-state index in [1.165, 1.54) is 28.8 Å². The summed E-state index contributed by atoms with van der Waals surface area (Å²) < 4.78 is 29.8. The van der Waals surface area contributed by atoms with Crippen molar-refractivity contribution in [3.8, 4) is 5.69 Å². The summed E-state index contributed by atoms with van der Waals surface area (Å²) in [6.45, 7) is 1.40. The molecule has 0 bridgehead atoms. The van der Waals surface area contributed by atoms with Crippen molar-refractivity contribution in [1.82, 2.24) is 9.88 Å².